The molecule has 2 aromatic carbocycles. The molecule has 0 fully saturated rings. The molecule has 2 aliphatic heterocycles. The highest BCUT2D eigenvalue weighted by molar-refractivity contribution is 7.90. The van der Waals surface area contributed by atoms with Gasteiger partial charge in [0.25, 0.3) is 5.56 Å². The lowest BCUT2D eigenvalue weighted by Crippen LogP contribution is -2.47. The van der Waals surface area contributed by atoms with Crippen LogP contribution in [0.25, 0.3) is 11.1 Å². The molecular weight excluding hydrogens is 597 g/mol. The molecule has 3 amide bonds. The van der Waals surface area contributed by atoms with Gasteiger partial charge in [-0.25, -0.2) is 14.0 Å². The molecule has 0 bridgehead atoms. The average Bonchev–Trinajstić information content (AvgIpc) is 3.13. The van der Waals surface area contributed by atoms with Gasteiger partial charge < -0.3 is 19.7 Å². The molecule has 1 N–H and O–H groups in total. The molecule has 5 rings (SSSR count). The number of carbonyl (C=O) groups excluding carboxylic acids is 2. The summed E-state index contributed by atoms with van der Waals surface area (Å²) < 4.78 is 28.3. The first-order valence-electron chi connectivity index (χ1n) is 13.8. The fourth-order valence-corrected chi connectivity index (χ4v) is 6.16. The minimum Gasteiger partial charge on any atom is -0.612 e. The number of fused-ring (bicyclic) bond motifs is 1. The second kappa shape index (κ2) is 12.4. The summed E-state index contributed by atoms with van der Waals surface area (Å²) in [6.45, 7) is 3.72. The fourth-order valence-electron chi connectivity index (χ4n) is 5.36. The molecule has 2 aliphatic rings. The summed E-state index contributed by atoms with van der Waals surface area (Å²) in [7, 11) is 0. The first kappa shape index (κ1) is 30.6. The molecular formula is C30H31ClFN5O5S. The van der Waals surface area contributed by atoms with Gasteiger partial charge in [0.2, 0.25) is 5.91 Å². The summed E-state index contributed by atoms with van der Waals surface area (Å²) in [6.07, 6.45) is 7.29. The number of nitrogens with one attached hydrogen (secondary N) is 1. The molecule has 0 saturated heterocycles. The fraction of sp³-hybridized carbons (Fsp3) is 0.333. The van der Waals surface area contributed by atoms with Crippen molar-refractivity contribution in [1.29, 1.82) is 0 Å². The van der Waals surface area contributed by atoms with E-state index in [1.165, 1.54) is 29.3 Å². The van der Waals surface area contributed by atoms with Gasteiger partial charge in [-0.05, 0) is 73.8 Å². The minimum absolute atomic E-state index is 0.00493. The largest absolute Gasteiger partial charge is 0.612 e. The number of benzene rings is 2. The Kier molecular flexibility index (Phi) is 8.81. The Morgan fingerprint density at radius 1 is 1.16 bits per heavy atom. The summed E-state index contributed by atoms with van der Waals surface area (Å²) in [5.41, 5.74) is 0.427. The van der Waals surface area contributed by atoms with Gasteiger partial charge in [-0.2, -0.15) is 0 Å². The van der Waals surface area contributed by atoms with Crippen LogP contribution in [0.4, 0.5) is 14.9 Å². The molecule has 0 aliphatic carbocycles. The number of rotatable bonds is 6. The normalized spacial score (nSPS) is 17.5. The topological polar surface area (TPSA) is 120 Å². The van der Waals surface area contributed by atoms with Crippen molar-refractivity contribution in [2.24, 2.45) is 0 Å². The van der Waals surface area contributed by atoms with Crippen LogP contribution in [0.3, 0.4) is 0 Å². The summed E-state index contributed by atoms with van der Waals surface area (Å²) in [6, 6.07) is 8.38. The van der Waals surface area contributed by atoms with E-state index in [1.54, 1.807) is 49.4 Å². The van der Waals surface area contributed by atoms with Crippen LogP contribution in [0.2, 0.25) is 5.02 Å². The predicted octanol–water partition coefficient (Wildman–Crippen LogP) is 3.99. The lowest BCUT2D eigenvalue weighted by Gasteiger charge is -2.33. The SMILES string of the molecule is CC(C)n1c(=O)c(-c2cccc(F)c2Cl)cn(CC(=O)N2C=CC(N3CCc4cc([S+](C)[O-])ccc4NC3=O)CC2)c1=O. The van der Waals surface area contributed by atoms with E-state index in [9.17, 15) is 28.1 Å². The summed E-state index contributed by atoms with van der Waals surface area (Å²) in [5.74, 6) is -1.10. The van der Waals surface area contributed by atoms with Crippen molar-refractivity contribution in [1.82, 2.24) is 18.9 Å². The van der Waals surface area contributed by atoms with Crippen molar-refractivity contribution in [2.45, 2.75) is 50.2 Å². The first-order valence-corrected chi connectivity index (χ1v) is 15.7. The quantitative estimate of drug-likeness (QED) is 0.415. The maximum atomic E-state index is 14.2. The standard InChI is InChI=1S/C30H31ClFN5O5S/c1-18(2)37-28(39)23(22-5-4-6-24(32)27(22)31)16-35(30(37)41)17-26(38)34-12-10-20(11-13-34)36-14-9-19-15-21(43(3)42)7-8-25(19)33-29(36)40/h4-8,10,12,15-16,18,20H,9,11,13-14,17H2,1-3H3,(H,33,40). The summed E-state index contributed by atoms with van der Waals surface area (Å²) in [5, 5.41) is 2.68. The van der Waals surface area contributed by atoms with Crippen LogP contribution in [0, 0.1) is 5.82 Å². The van der Waals surface area contributed by atoms with E-state index in [1.807, 2.05) is 6.07 Å². The van der Waals surface area contributed by atoms with Crippen LogP contribution in [-0.2, 0) is 28.9 Å². The molecule has 0 saturated carbocycles. The van der Waals surface area contributed by atoms with E-state index in [-0.39, 0.29) is 34.8 Å². The van der Waals surface area contributed by atoms with Crippen LogP contribution in [0.5, 0.6) is 0 Å². The number of hydrogen-bond acceptors (Lipinski definition) is 5. The highest BCUT2D eigenvalue weighted by Crippen LogP contribution is 2.28. The highest BCUT2D eigenvalue weighted by Gasteiger charge is 2.29. The Morgan fingerprint density at radius 3 is 2.60 bits per heavy atom. The predicted molar refractivity (Wildman–Crippen MR) is 163 cm³/mol. The van der Waals surface area contributed by atoms with Crippen molar-refractivity contribution in [2.75, 3.05) is 24.7 Å². The van der Waals surface area contributed by atoms with E-state index in [0.29, 0.717) is 36.5 Å². The molecule has 43 heavy (non-hydrogen) atoms. The maximum Gasteiger partial charge on any atom is 0.331 e. The maximum absolute atomic E-state index is 14.2. The van der Waals surface area contributed by atoms with Gasteiger partial charge in [0, 0.05) is 42.8 Å². The molecule has 13 heteroatoms. The zero-order chi connectivity index (χ0) is 31.0. The van der Waals surface area contributed by atoms with E-state index in [0.717, 1.165) is 14.7 Å². The van der Waals surface area contributed by atoms with E-state index in [4.69, 9.17) is 11.6 Å². The van der Waals surface area contributed by atoms with Crippen LogP contribution in [0.15, 0.2) is 69.4 Å². The van der Waals surface area contributed by atoms with Gasteiger partial charge in [-0.15, -0.1) is 0 Å². The monoisotopic (exact) mass is 627 g/mol. The van der Waals surface area contributed by atoms with Crippen molar-refractivity contribution >= 4 is 40.4 Å². The van der Waals surface area contributed by atoms with Crippen molar-refractivity contribution < 1.29 is 18.5 Å². The van der Waals surface area contributed by atoms with Gasteiger partial charge in [0.1, 0.15) is 18.6 Å². The number of halogens is 2. The highest BCUT2D eigenvalue weighted by atomic mass is 35.5. The number of carbonyl (C=O) groups is 2. The number of aromatic nitrogens is 2. The number of urea groups is 1. The Labute approximate surface area is 255 Å². The molecule has 2 unspecified atom stereocenters. The number of nitrogens with zero attached hydrogens (tertiary/aromatic N) is 4. The van der Waals surface area contributed by atoms with Crippen molar-refractivity contribution in [3.8, 4) is 11.1 Å². The van der Waals surface area contributed by atoms with Crippen LogP contribution in [0.1, 0.15) is 31.9 Å². The zero-order valence-electron chi connectivity index (χ0n) is 23.9. The molecule has 0 radical (unpaired) electrons. The van der Waals surface area contributed by atoms with Gasteiger partial charge in [-0.1, -0.05) is 23.7 Å². The Morgan fingerprint density at radius 2 is 1.93 bits per heavy atom. The molecule has 3 heterocycles. The van der Waals surface area contributed by atoms with Crippen molar-refractivity contribution in [3.63, 3.8) is 0 Å². The van der Waals surface area contributed by atoms with E-state index < -0.39 is 40.2 Å². The second-order valence-electron chi connectivity index (χ2n) is 10.8. The molecule has 226 valence electrons. The molecule has 10 nitrogen and oxygen atoms in total. The average molecular weight is 628 g/mol. The van der Waals surface area contributed by atoms with Crippen molar-refractivity contribution in [3.05, 3.63) is 92.1 Å². The Balaban J connectivity index is 1.34. The third-order valence-electron chi connectivity index (χ3n) is 7.66. The minimum atomic E-state index is -1.13. The third-order valence-corrected chi connectivity index (χ3v) is 8.96. The van der Waals surface area contributed by atoms with E-state index in [2.05, 4.69) is 5.32 Å². The molecule has 0 spiro atoms. The van der Waals surface area contributed by atoms with Gasteiger partial charge >= 0.3 is 11.7 Å². The zero-order valence-corrected chi connectivity index (χ0v) is 25.5. The van der Waals surface area contributed by atoms with E-state index >= 15 is 0 Å². The van der Waals surface area contributed by atoms with Crippen LogP contribution < -0.4 is 16.6 Å². The van der Waals surface area contributed by atoms with Gasteiger partial charge in [0.15, 0.2) is 4.90 Å². The molecule has 1 aromatic heterocycles. The number of amides is 3. The van der Waals surface area contributed by atoms with Gasteiger partial charge in [0.05, 0.1) is 16.6 Å². The summed E-state index contributed by atoms with van der Waals surface area (Å²) >= 11 is 5.02. The third kappa shape index (κ3) is 6.13. The van der Waals surface area contributed by atoms with Crippen LogP contribution >= 0.6 is 11.6 Å². The lowest BCUT2D eigenvalue weighted by atomic mass is 10.1. The lowest BCUT2D eigenvalue weighted by molar-refractivity contribution is -0.129. The Hall–Kier alpha value is -3.87. The first-order chi connectivity index (χ1) is 20.5. The van der Waals surface area contributed by atoms with Gasteiger partial charge in [-0.3, -0.25) is 18.7 Å². The second-order valence-corrected chi connectivity index (χ2v) is 12.5. The number of anilines is 1. The smallest absolute Gasteiger partial charge is 0.331 e. The Bertz CT molecular complexity index is 1740. The molecule has 2 atom stereocenters. The number of hydrogen-bond donors (Lipinski definition) is 1. The summed E-state index contributed by atoms with van der Waals surface area (Å²) in [4.78, 5) is 56.7. The molecule has 3 aromatic rings. The van der Waals surface area contributed by atoms with Crippen LogP contribution in [-0.4, -0.2) is 60.8 Å².